The quantitative estimate of drug-likeness (QED) is 0.517. The Balaban J connectivity index is 1.90. The molecule has 0 aromatic heterocycles. The zero-order chi connectivity index (χ0) is 25.7. The van der Waals surface area contributed by atoms with Crippen molar-refractivity contribution < 1.29 is 44.6 Å². The van der Waals surface area contributed by atoms with Gasteiger partial charge < -0.3 is 15.2 Å². The van der Waals surface area contributed by atoms with Crippen LogP contribution in [0.5, 0.6) is 5.75 Å². The molecule has 0 bridgehead atoms. The Morgan fingerprint density at radius 1 is 1.11 bits per heavy atom. The molecule has 1 aromatic carbocycles. The van der Waals surface area contributed by atoms with Crippen LogP contribution in [0, 0.1) is 5.92 Å². The van der Waals surface area contributed by atoms with Gasteiger partial charge in [-0.15, -0.1) is 0 Å². The predicted molar refractivity (Wildman–Crippen MR) is 123 cm³/mol. The Morgan fingerprint density at radius 2 is 1.80 bits per heavy atom. The fourth-order valence-corrected chi connectivity index (χ4v) is 5.86. The number of ketones is 1. The second kappa shape index (κ2) is 8.90. The van der Waals surface area contributed by atoms with Gasteiger partial charge in [0.2, 0.25) is 0 Å². The van der Waals surface area contributed by atoms with E-state index in [1.54, 1.807) is 6.08 Å². The number of carbonyl (C=O) groups is 2. The van der Waals surface area contributed by atoms with Gasteiger partial charge in [-0.05, 0) is 59.1 Å². The third kappa shape index (κ3) is 5.17. The number of alkyl carbamates (subject to hydrolysis) is 1. The highest BCUT2D eigenvalue weighted by molar-refractivity contribution is 7.86. The minimum atomic E-state index is -4.07. The summed E-state index contributed by atoms with van der Waals surface area (Å²) in [6.45, 7) is -0.326. The minimum absolute atomic E-state index is 0.0172. The number of aromatic hydroxyl groups is 1. The van der Waals surface area contributed by atoms with Gasteiger partial charge in [0, 0.05) is 24.1 Å². The number of allylic oxidation sites excluding steroid dienone is 2. The van der Waals surface area contributed by atoms with Crippen LogP contribution >= 0.6 is 0 Å². The molecule has 11 nitrogen and oxygen atoms in total. The van der Waals surface area contributed by atoms with Crippen LogP contribution in [0.1, 0.15) is 22.3 Å². The van der Waals surface area contributed by atoms with Crippen LogP contribution in [-0.2, 0) is 33.3 Å². The number of hydrogen-bond donors (Lipinski definition) is 2. The average Bonchev–Trinajstić information content (AvgIpc) is 3.07. The van der Waals surface area contributed by atoms with Gasteiger partial charge in [0.1, 0.15) is 24.6 Å². The van der Waals surface area contributed by atoms with Crippen molar-refractivity contribution in [2.75, 3.05) is 26.2 Å². The van der Waals surface area contributed by atoms with Gasteiger partial charge in [-0.1, -0.05) is 0 Å². The molecule has 3 aliphatic rings. The molecule has 3 unspecified atom stereocenters. The summed E-state index contributed by atoms with van der Waals surface area (Å²) in [7, 11) is -6.72. The predicted octanol–water partition coefficient (Wildman–Crippen LogP) is 1.27. The van der Waals surface area contributed by atoms with Gasteiger partial charge in [0.05, 0.1) is 12.5 Å². The lowest BCUT2D eigenvalue weighted by molar-refractivity contribution is 0.103. The molecule has 4 rings (SSSR count). The van der Waals surface area contributed by atoms with E-state index >= 15 is 0 Å². The molecular weight excluding hydrogens is 502 g/mol. The Bertz CT molecular complexity index is 1420. The van der Waals surface area contributed by atoms with Crippen molar-refractivity contribution in [1.82, 2.24) is 5.32 Å². The molecule has 3 aliphatic carbocycles. The summed E-state index contributed by atoms with van der Waals surface area (Å²) in [6.07, 6.45) is 1.50. The van der Waals surface area contributed by atoms with Gasteiger partial charge in [-0.2, -0.15) is 16.8 Å². The Kier molecular flexibility index (Phi) is 6.38. The molecule has 188 valence electrons. The fourth-order valence-electron chi connectivity index (χ4n) is 4.63. The number of phenols is 1. The lowest BCUT2D eigenvalue weighted by atomic mass is 9.74. The smallest absolute Gasteiger partial charge is 0.407 e. The highest BCUT2D eigenvalue weighted by Crippen LogP contribution is 2.50. The van der Waals surface area contributed by atoms with Crippen molar-refractivity contribution in [3.63, 3.8) is 0 Å². The largest absolute Gasteiger partial charge is 0.508 e. The summed E-state index contributed by atoms with van der Waals surface area (Å²) in [5, 5.41) is 12.2. The Hall–Kier alpha value is -3.00. The summed E-state index contributed by atoms with van der Waals surface area (Å²) >= 11 is 0. The van der Waals surface area contributed by atoms with Crippen LogP contribution in [0.2, 0.25) is 0 Å². The number of carbonyl (C=O) groups excluding carboxylic acids is 2. The molecule has 1 fully saturated rings. The molecule has 0 heterocycles. The molecule has 1 aromatic rings. The highest BCUT2D eigenvalue weighted by atomic mass is 32.2. The van der Waals surface area contributed by atoms with E-state index < -0.39 is 44.5 Å². The van der Waals surface area contributed by atoms with Crippen molar-refractivity contribution >= 4 is 38.2 Å². The van der Waals surface area contributed by atoms with Crippen molar-refractivity contribution in [2.24, 2.45) is 5.92 Å². The van der Waals surface area contributed by atoms with Gasteiger partial charge in [0.25, 0.3) is 20.2 Å². The number of rotatable bonds is 6. The van der Waals surface area contributed by atoms with Gasteiger partial charge in [-0.25, -0.2) is 4.79 Å². The van der Waals surface area contributed by atoms with Crippen molar-refractivity contribution in [3.8, 4) is 5.75 Å². The normalized spacial score (nSPS) is 23.6. The number of ether oxygens (including phenoxy) is 1. The van der Waals surface area contributed by atoms with Crippen LogP contribution in [-0.4, -0.2) is 72.2 Å². The average molecular weight is 526 g/mol. The standard InChI is InChI=1S/C22H23NO10S2/c1-23-22(26)31-10-12-8-17-15(7-11-6-13(24)4-5-14(11)20(17)25)16-9-18(32-34(2,27)28)21(19(12)16)33-35(3,29)30/h4-8,16,18,21,24H,9-10H2,1-3H3,(H,23,26). The number of benzene rings is 1. The van der Waals surface area contributed by atoms with E-state index in [2.05, 4.69) is 5.32 Å². The first-order chi connectivity index (χ1) is 16.3. The zero-order valence-corrected chi connectivity index (χ0v) is 20.6. The van der Waals surface area contributed by atoms with Gasteiger partial charge in [-0.3, -0.25) is 13.2 Å². The Labute approximate surface area is 202 Å². The summed E-state index contributed by atoms with van der Waals surface area (Å²) in [5.41, 5.74) is 2.21. The molecule has 3 atom stereocenters. The fraction of sp³-hybridized carbons (Fsp3) is 0.364. The van der Waals surface area contributed by atoms with Crippen molar-refractivity contribution in [3.05, 3.63) is 57.7 Å². The summed E-state index contributed by atoms with van der Waals surface area (Å²) in [6, 6.07) is 4.30. The van der Waals surface area contributed by atoms with Crippen molar-refractivity contribution in [1.29, 1.82) is 0 Å². The second-order valence-corrected chi connectivity index (χ2v) is 11.6. The highest BCUT2D eigenvalue weighted by Gasteiger charge is 2.49. The number of hydrogen-bond acceptors (Lipinski definition) is 10. The molecule has 0 aliphatic heterocycles. The monoisotopic (exact) mass is 525 g/mol. The Morgan fingerprint density at radius 3 is 2.43 bits per heavy atom. The third-order valence-corrected chi connectivity index (χ3v) is 6.99. The third-order valence-electron chi connectivity index (χ3n) is 5.84. The molecule has 0 saturated heterocycles. The minimum Gasteiger partial charge on any atom is -0.508 e. The molecule has 13 heteroatoms. The van der Waals surface area contributed by atoms with Crippen LogP contribution in [0.4, 0.5) is 4.79 Å². The van der Waals surface area contributed by atoms with Crippen LogP contribution < -0.4 is 5.32 Å². The maximum atomic E-state index is 13.3. The maximum Gasteiger partial charge on any atom is 0.407 e. The van der Waals surface area contributed by atoms with E-state index in [0.29, 0.717) is 27.8 Å². The zero-order valence-electron chi connectivity index (χ0n) is 19.0. The molecule has 2 N–H and O–H groups in total. The summed E-state index contributed by atoms with van der Waals surface area (Å²) in [4.78, 5) is 25.1. The number of phenolic OH excluding ortho intramolecular Hbond substituents is 1. The first kappa shape index (κ1) is 25.1. The molecule has 0 radical (unpaired) electrons. The van der Waals surface area contributed by atoms with Crippen LogP contribution in [0.3, 0.4) is 0 Å². The number of amides is 1. The van der Waals surface area contributed by atoms with Crippen LogP contribution in [0.25, 0.3) is 6.08 Å². The molecule has 1 saturated carbocycles. The molecule has 0 spiro atoms. The number of Topliss-reactive ketones (excluding diaryl/α,β-unsaturated/α-hetero) is 1. The lowest BCUT2D eigenvalue weighted by Gasteiger charge is -2.30. The number of nitrogens with one attached hydrogen (secondary N) is 1. The van der Waals surface area contributed by atoms with Crippen molar-refractivity contribution in [2.45, 2.75) is 18.6 Å². The molecule has 35 heavy (non-hydrogen) atoms. The second-order valence-electron chi connectivity index (χ2n) is 8.41. The van der Waals surface area contributed by atoms with E-state index in [4.69, 9.17) is 13.1 Å². The van der Waals surface area contributed by atoms with E-state index in [1.165, 1.54) is 31.3 Å². The summed E-state index contributed by atoms with van der Waals surface area (Å²) in [5.74, 6) is -1.06. The number of fused-ring (bicyclic) bond motifs is 4. The maximum absolute atomic E-state index is 13.3. The first-order valence-corrected chi connectivity index (χ1v) is 14.1. The SMILES string of the molecule is CNC(=O)OCC1=C2C(CC(OS(C)(=O)=O)C2OS(C)(=O)=O)C2=Cc3cc(O)ccc3C(=O)C2=C1. The molecular formula is C22H23NO10S2. The lowest BCUT2D eigenvalue weighted by Crippen LogP contribution is -2.32. The topological polar surface area (TPSA) is 162 Å². The van der Waals surface area contributed by atoms with E-state index in [1.807, 2.05) is 0 Å². The van der Waals surface area contributed by atoms with E-state index in [0.717, 1.165) is 12.5 Å². The van der Waals surface area contributed by atoms with Crippen LogP contribution in [0.15, 0.2) is 46.6 Å². The van der Waals surface area contributed by atoms with E-state index in [-0.39, 0.29) is 30.1 Å². The van der Waals surface area contributed by atoms with Gasteiger partial charge >= 0.3 is 6.09 Å². The molecule has 1 amide bonds. The first-order valence-electron chi connectivity index (χ1n) is 10.4. The summed E-state index contributed by atoms with van der Waals surface area (Å²) < 4.78 is 63.7. The van der Waals surface area contributed by atoms with E-state index in [9.17, 15) is 31.5 Å². The van der Waals surface area contributed by atoms with Gasteiger partial charge in [0.15, 0.2) is 5.78 Å².